The van der Waals surface area contributed by atoms with Crippen molar-refractivity contribution >= 4 is 31.5 Å². The van der Waals surface area contributed by atoms with E-state index < -0.39 is 0 Å². The molecular weight excluding hydrogens is 697 g/mol. The molecule has 203 valence electrons. The maximum absolute atomic E-state index is 4.55. The van der Waals surface area contributed by atoms with Crippen molar-refractivity contribution in [3.63, 3.8) is 0 Å². The second-order valence-electron chi connectivity index (χ2n) is 9.88. The van der Waals surface area contributed by atoms with Crippen LogP contribution in [-0.2, 0) is 20.1 Å². The summed E-state index contributed by atoms with van der Waals surface area (Å²) in [6.45, 7) is 6.17. The van der Waals surface area contributed by atoms with Crippen LogP contribution in [0, 0.1) is 32.9 Å². The van der Waals surface area contributed by atoms with Crippen LogP contribution in [0.25, 0.3) is 53.8 Å². The van der Waals surface area contributed by atoms with Crippen LogP contribution >= 0.6 is 11.3 Å². The van der Waals surface area contributed by atoms with Crippen LogP contribution in [0.4, 0.5) is 0 Å². The number of aryl methyl sites for hydroxylation is 3. The zero-order chi connectivity index (χ0) is 27.5. The SMILES string of the molecule is Cc1cc[c-]c(-c2cccc(C)n2)c1.Cc1cccnc1-c1[c-]ccc(-c2cccc3c2sc2ccccc23)c1.[Ir]. The van der Waals surface area contributed by atoms with Gasteiger partial charge >= 0.3 is 0 Å². The zero-order valence-electron chi connectivity index (χ0n) is 23.1. The predicted molar refractivity (Wildman–Crippen MR) is 170 cm³/mol. The van der Waals surface area contributed by atoms with E-state index in [4.69, 9.17) is 0 Å². The van der Waals surface area contributed by atoms with Gasteiger partial charge < -0.3 is 9.97 Å². The molecule has 0 saturated carbocycles. The molecule has 0 fully saturated rings. The summed E-state index contributed by atoms with van der Waals surface area (Å²) in [5.41, 5.74) is 10.0. The van der Waals surface area contributed by atoms with Gasteiger partial charge in [0.1, 0.15) is 0 Å². The molecule has 0 saturated heterocycles. The largest absolute Gasteiger partial charge is 0.304 e. The smallest absolute Gasteiger partial charge is 0.0417 e. The van der Waals surface area contributed by atoms with Gasteiger partial charge in [0.15, 0.2) is 0 Å². The van der Waals surface area contributed by atoms with E-state index in [1.54, 1.807) is 0 Å². The third-order valence-electron chi connectivity index (χ3n) is 6.90. The van der Waals surface area contributed by atoms with Crippen LogP contribution in [-0.4, -0.2) is 9.97 Å². The molecule has 0 spiro atoms. The van der Waals surface area contributed by atoms with Crippen molar-refractivity contribution in [3.8, 4) is 33.6 Å². The van der Waals surface area contributed by atoms with Crippen molar-refractivity contribution in [1.29, 1.82) is 0 Å². The first-order valence-electron chi connectivity index (χ1n) is 13.3. The summed E-state index contributed by atoms with van der Waals surface area (Å²) >= 11 is 1.86. The van der Waals surface area contributed by atoms with E-state index in [1.807, 2.05) is 66.9 Å². The Hall–Kier alpha value is -3.95. The van der Waals surface area contributed by atoms with E-state index in [-0.39, 0.29) is 20.1 Å². The second kappa shape index (κ2) is 12.7. The van der Waals surface area contributed by atoms with Crippen LogP contribution in [0.15, 0.2) is 115 Å². The van der Waals surface area contributed by atoms with Gasteiger partial charge in [0.25, 0.3) is 0 Å². The molecule has 0 amide bonds. The van der Waals surface area contributed by atoms with Crippen LogP contribution in [0.3, 0.4) is 0 Å². The Kier molecular flexibility index (Phi) is 8.85. The van der Waals surface area contributed by atoms with Gasteiger partial charge in [0, 0.05) is 52.2 Å². The molecule has 7 rings (SSSR count). The normalized spacial score (nSPS) is 10.6. The minimum Gasteiger partial charge on any atom is -0.304 e. The fourth-order valence-electron chi connectivity index (χ4n) is 4.93. The van der Waals surface area contributed by atoms with E-state index in [2.05, 4.69) is 103 Å². The summed E-state index contributed by atoms with van der Waals surface area (Å²) in [7, 11) is 0. The molecule has 0 bridgehead atoms. The molecule has 0 unspecified atom stereocenters. The maximum atomic E-state index is 4.55. The number of hydrogen-bond donors (Lipinski definition) is 0. The molecule has 7 aromatic rings. The Morgan fingerprint density at radius 3 is 2.29 bits per heavy atom. The Morgan fingerprint density at radius 1 is 0.683 bits per heavy atom. The third kappa shape index (κ3) is 6.21. The number of aromatic nitrogens is 2. The molecule has 2 nitrogen and oxygen atoms in total. The van der Waals surface area contributed by atoms with E-state index in [9.17, 15) is 0 Å². The molecule has 3 aromatic heterocycles. The topological polar surface area (TPSA) is 25.8 Å². The van der Waals surface area contributed by atoms with E-state index in [0.717, 1.165) is 28.2 Å². The van der Waals surface area contributed by atoms with Crippen molar-refractivity contribution in [2.75, 3.05) is 0 Å². The minimum absolute atomic E-state index is 0. The Balaban J connectivity index is 0.000000192. The van der Waals surface area contributed by atoms with Gasteiger partial charge in [-0.15, -0.1) is 76.6 Å². The number of thiophene rings is 1. The Bertz CT molecular complexity index is 1910. The van der Waals surface area contributed by atoms with Gasteiger partial charge in [0.05, 0.1) is 0 Å². The zero-order valence-corrected chi connectivity index (χ0v) is 26.3. The summed E-state index contributed by atoms with van der Waals surface area (Å²) in [4.78, 5) is 9.01. The van der Waals surface area contributed by atoms with Gasteiger partial charge in [-0.25, -0.2) is 0 Å². The first-order valence-corrected chi connectivity index (χ1v) is 14.2. The number of nitrogens with zero attached hydrogens (tertiary/aromatic N) is 2. The van der Waals surface area contributed by atoms with Gasteiger partial charge in [-0.3, -0.25) is 0 Å². The summed E-state index contributed by atoms with van der Waals surface area (Å²) in [6, 6.07) is 44.3. The maximum Gasteiger partial charge on any atom is 0.0417 e. The third-order valence-corrected chi connectivity index (χ3v) is 8.12. The summed E-state index contributed by atoms with van der Waals surface area (Å²) in [5.74, 6) is 0. The molecule has 0 aliphatic rings. The van der Waals surface area contributed by atoms with Crippen molar-refractivity contribution < 1.29 is 20.1 Å². The van der Waals surface area contributed by atoms with Crippen LogP contribution < -0.4 is 0 Å². The van der Waals surface area contributed by atoms with E-state index >= 15 is 0 Å². The number of rotatable bonds is 3. The first-order chi connectivity index (χ1) is 19.6. The number of fused-ring (bicyclic) bond motifs is 3. The van der Waals surface area contributed by atoms with Crippen LogP contribution in [0.2, 0.25) is 0 Å². The van der Waals surface area contributed by atoms with Crippen molar-refractivity contribution in [2.45, 2.75) is 20.8 Å². The molecule has 0 atom stereocenters. The second-order valence-corrected chi connectivity index (χ2v) is 10.9. The molecule has 4 heteroatoms. The molecule has 41 heavy (non-hydrogen) atoms. The number of hydrogen-bond acceptors (Lipinski definition) is 3. The first kappa shape index (κ1) is 28.6. The van der Waals surface area contributed by atoms with Crippen molar-refractivity contribution in [1.82, 2.24) is 9.97 Å². The van der Waals surface area contributed by atoms with Crippen molar-refractivity contribution in [2.24, 2.45) is 0 Å². The summed E-state index contributed by atoms with van der Waals surface area (Å²) < 4.78 is 2.67. The molecule has 0 aliphatic heterocycles. The standard InChI is InChI=1S/C24H16NS.C13H12N.Ir/c1-16-7-6-14-25-23(16)18-9-4-8-17(15-18)19-11-5-12-21-20-10-2-3-13-22(20)26-24(19)21;1-10-5-3-7-12(9-10)13-8-4-6-11(2)14-13;/h2-8,10-15H,1H3;3-6,8-9H,1-2H3;/q2*-1;. The molecule has 0 N–H and O–H groups in total. The monoisotopic (exact) mass is 725 g/mol. The average molecular weight is 725 g/mol. The Morgan fingerprint density at radius 2 is 1.46 bits per heavy atom. The Labute approximate surface area is 259 Å². The van der Waals surface area contributed by atoms with Crippen LogP contribution in [0.5, 0.6) is 0 Å². The molecule has 4 aromatic carbocycles. The van der Waals surface area contributed by atoms with Gasteiger partial charge in [-0.05, 0) is 49.0 Å². The molecular formula is C37H28IrN2S-2. The quantitative estimate of drug-likeness (QED) is 0.170. The van der Waals surface area contributed by atoms with E-state index in [0.29, 0.717) is 0 Å². The summed E-state index contributed by atoms with van der Waals surface area (Å²) in [6.07, 6.45) is 1.84. The van der Waals surface area contributed by atoms with Gasteiger partial charge in [-0.2, -0.15) is 0 Å². The van der Waals surface area contributed by atoms with Gasteiger partial charge in [-0.1, -0.05) is 72.6 Å². The fraction of sp³-hybridized carbons (Fsp3) is 0.0811. The number of pyridine rings is 2. The average Bonchev–Trinajstić information content (AvgIpc) is 3.37. The predicted octanol–water partition coefficient (Wildman–Crippen LogP) is 10.1. The molecule has 3 heterocycles. The molecule has 0 aliphatic carbocycles. The van der Waals surface area contributed by atoms with E-state index in [1.165, 1.54) is 42.4 Å². The minimum atomic E-state index is 0. The van der Waals surface area contributed by atoms with Crippen molar-refractivity contribution in [3.05, 3.63) is 144 Å². The molecule has 1 radical (unpaired) electrons. The number of benzene rings is 4. The fourth-order valence-corrected chi connectivity index (χ4v) is 6.17. The summed E-state index contributed by atoms with van der Waals surface area (Å²) in [5, 5.41) is 2.66. The van der Waals surface area contributed by atoms with Crippen LogP contribution in [0.1, 0.15) is 16.8 Å². The van der Waals surface area contributed by atoms with Gasteiger partial charge in [0.2, 0.25) is 0 Å².